The number of ether oxygens (including phenoxy) is 2. The summed E-state index contributed by atoms with van der Waals surface area (Å²) >= 11 is 0. The van der Waals surface area contributed by atoms with E-state index in [0.29, 0.717) is 17.9 Å². The fourth-order valence-corrected chi connectivity index (χ4v) is 3.07. The highest BCUT2D eigenvalue weighted by atomic mass is 16.5. The number of carbonyl (C=O) groups excluding carboxylic acids is 2. The molecule has 1 amide bonds. The summed E-state index contributed by atoms with van der Waals surface area (Å²) in [5, 5.41) is 2.92. The van der Waals surface area contributed by atoms with Crippen molar-refractivity contribution in [2.45, 2.75) is 38.6 Å². The first-order valence-corrected chi connectivity index (χ1v) is 8.29. The Balaban J connectivity index is 1.99. The Morgan fingerprint density at radius 1 is 1.29 bits per heavy atom. The van der Waals surface area contributed by atoms with Gasteiger partial charge in [0.1, 0.15) is 5.75 Å². The van der Waals surface area contributed by atoms with E-state index in [4.69, 9.17) is 9.47 Å². The second-order valence-electron chi connectivity index (χ2n) is 6.15. The van der Waals surface area contributed by atoms with Crippen molar-refractivity contribution in [3.63, 3.8) is 0 Å². The monoisotopic (exact) mass is 334 g/mol. The van der Waals surface area contributed by atoms with E-state index in [2.05, 4.69) is 10.2 Å². The molecule has 1 aliphatic rings. The zero-order valence-electron chi connectivity index (χ0n) is 14.6. The lowest BCUT2D eigenvalue weighted by atomic mass is 9.99. The van der Waals surface area contributed by atoms with Crippen LogP contribution >= 0.6 is 0 Å². The maximum atomic E-state index is 12.4. The lowest BCUT2D eigenvalue weighted by Crippen LogP contribution is -2.45. The summed E-state index contributed by atoms with van der Waals surface area (Å²) in [4.78, 5) is 26.1. The molecule has 6 heteroatoms. The molecule has 1 fully saturated rings. The van der Waals surface area contributed by atoms with Gasteiger partial charge in [-0.2, -0.15) is 0 Å². The van der Waals surface area contributed by atoms with E-state index in [-0.39, 0.29) is 24.5 Å². The van der Waals surface area contributed by atoms with Gasteiger partial charge in [0, 0.05) is 6.04 Å². The van der Waals surface area contributed by atoms with Gasteiger partial charge in [-0.15, -0.1) is 0 Å². The number of nitrogens with one attached hydrogen (secondary N) is 1. The first-order valence-electron chi connectivity index (χ1n) is 8.29. The Labute approximate surface area is 143 Å². The second kappa shape index (κ2) is 8.68. The van der Waals surface area contributed by atoms with Crippen LogP contribution in [0.2, 0.25) is 0 Å². The third-order valence-electron chi connectivity index (χ3n) is 4.35. The molecule has 0 spiro atoms. The molecule has 0 radical (unpaired) electrons. The Kier molecular flexibility index (Phi) is 6.61. The van der Waals surface area contributed by atoms with Crippen LogP contribution in [0.15, 0.2) is 18.2 Å². The predicted molar refractivity (Wildman–Crippen MR) is 92.2 cm³/mol. The maximum absolute atomic E-state index is 12.4. The average molecular weight is 334 g/mol. The van der Waals surface area contributed by atoms with Crippen LogP contribution in [0.25, 0.3) is 0 Å². The van der Waals surface area contributed by atoms with Crippen LogP contribution in [-0.4, -0.2) is 50.1 Å². The summed E-state index contributed by atoms with van der Waals surface area (Å²) in [5.41, 5.74) is 1.72. The zero-order chi connectivity index (χ0) is 17.5. The van der Waals surface area contributed by atoms with Crippen molar-refractivity contribution < 1.29 is 19.1 Å². The van der Waals surface area contributed by atoms with Gasteiger partial charge in [0.2, 0.25) is 5.91 Å². The van der Waals surface area contributed by atoms with Crippen LogP contribution in [0.4, 0.5) is 5.69 Å². The topological polar surface area (TPSA) is 67.9 Å². The molecule has 24 heavy (non-hydrogen) atoms. The van der Waals surface area contributed by atoms with Crippen molar-refractivity contribution in [2.24, 2.45) is 0 Å². The predicted octanol–water partition coefficient (Wildman–Crippen LogP) is 2.36. The van der Waals surface area contributed by atoms with Crippen molar-refractivity contribution in [3.05, 3.63) is 23.8 Å². The molecular formula is C18H26N2O4. The van der Waals surface area contributed by atoms with Gasteiger partial charge in [0.15, 0.2) is 0 Å². The molecule has 2 rings (SSSR count). The van der Waals surface area contributed by atoms with Crippen LogP contribution in [0.1, 0.15) is 31.2 Å². The van der Waals surface area contributed by atoms with Gasteiger partial charge in [-0.1, -0.05) is 12.5 Å². The number of esters is 1. The minimum absolute atomic E-state index is 0.0661. The van der Waals surface area contributed by atoms with Crippen molar-refractivity contribution >= 4 is 17.6 Å². The highest BCUT2D eigenvalue weighted by Crippen LogP contribution is 2.25. The number of methoxy groups -OCH3 is 2. The van der Waals surface area contributed by atoms with Crippen molar-refractivity contribution in [3.8, 4) is 5.75 Å². The number of hydrogen-bond donors (Lipinski definition) is 1. The number of nitrogens with zero attached hydrogens (tertiary/aromatic N) is 1. The quantitative estimate of drug-likeness (QED) is 0.809. The Hall–Kier alpha value is -2.08. The molecular weight excluding hydrogens is 308 g/mol. The summed E-state index contributed by atoms with van der Waals surface area (Å²) in [6.45, 7) is 3.05. The number of aryl methyl sites for hydroxylation is 1. The Bertz CT molecular complexity index is 588. The molecule has 1 aliphatic heterocycles. The van der Waals surface area contributed by atoms with Crippen LogP contribution in [0.3, 0.4) is 0 Å². The molecule has 1 N–H and O–H groups in total. The van der Waals surface area contributed by atoms with Gasteiger partial charge >= 0.3 is 5.97 Å². The van der Waals surface area contributed by atoms with E-state index < -0.39 is 0 Å². The molecule has 1 saturated heterocycles. The van der Waals surface area contributed by atoms with Crippen LogP contribution in [0, 0.1) is 6.92 Å². The molecule has 1 aromatic carbocycles. The van der Waals surface area contributed by atoms with Crippen LogP contribution in [-0.2, 0) is 14.3 Å². The lowest BCUT2D eigenvalue weighted by Gasteiger charge is -2.34. The van der Waals surface area contributed by atoms with Gasteiger partial charge in [0.25, 0.3) is 0 Å². The maximum Gasteiger partial charge on any atom is 0.307 e. The van der Waals surface area contributed by atoms with Gasteiger partial charge in [-0.25, -0.2) is 0 Å². The molecule has 0 aromatic heterocycles. The molecule has 1 atom stereocenters. The zero-order valence-corrected chi connectivity index (χ0v) is 14.6. The van der Waals surface area contributed by atoms with Gasteiger partial charge < -0.3 is 14.8 Å². The highest BCUT2D eigenvalue weighted by molar-refractivity contribution is 5.93. The molecule has 132 valence electrons. The van der Waals surface area contributed by atoms with E-state index in [9.17, 15) is 9.59 Å². The normalized spacial score (nSPS) is 18.0. The number of rotatable bonds is 6. The third kappa shape index (κ3) is 4.96. The summed E-state index contributed by atoms with van der Waals surface area (Å²) in [6.07, 6.45) is 3.36. The number of hydrogen-bond acceptors (Lipinski definition) is 5. The van der Waals surface area contributed by atoms with E-state index in [1.54, 1.807) is 7.11 Å². The summed E-state index contributed by atoms with van der Waals surface area (Å²) < 4.78 is 10.1. The minimum atomic E-state index is -0.229. The Morgan fingerprint density at radius 2 is 2.08 bits per heavy atom. The highest BCUT2D eigenvalue weighted by Gasteiger charge is 2.26. The van der Waals surface area contributed by atoms with Gasteiger partial charge in [-0.05, 0) is 44.0 Å². The number of benzene rings is 1. The fraction of sp³-hybridized carbons (Fsp3) is 0.556. The number of anilines is 1. The van der Waals surface area contributed by atoms with Crippen LogP contribution in [0.5, 0.6) is 5.75 Å². The first kappa shape index (κ1) is 18.3. The smallest absolute Gasteiger partial charge is 0.307 e. The number of amides is 1. The molecule has 0 saturated carbocycles. The van der Waals surface area contributed by atoms with Gasteiger partial charge in [0.05, 0.1) is 32.9 Å². The summed E-state index contributed by atoms with van der Waals surface area (Å²) in [6, 6.07) is 5.73. The summed E-state index contributed by atoms with van der Waals surface area (Å²) in [7, 11) is 2.98. The largest absolute Gasteiger partial charge is 0.495 e. The molecule has 0 aliphatic carbocycles. The minimum Gasteiger partial charge on any atom is -0.495 e. The van der Waals surface area contributed by atoms with E-state index in [1.807, 2.05) is 25.1 Å². The van der Waals surface area contributed by atoms with E-state index >= 15 is 0 Å². The molecule has 6 nitrogen and oxygen atoms in total. The molecule has 1 heterocycles. The lowest BCUT2D eigenvalue weighted by molar-refractivity contribution is -0.142. The van der Waals surface area contributed by atoms with Crippen molar-refractivity contribution in [1.29, 1.82) is 0 Å². The second-order valence-corrected chi connectivity index (χ2v) is 6.15. The number of carbonyl (C=O) groups is 2. The van der Waals surface area contributed by atoms with Crippen molar-refractivity contribution in [1.82, 2.24) is 4.90 Å². The number of likely N-dealkylation sites (tertiary alicyclic amines) is 1. The van der Waals surface area contributed by atoms with Crippen LogP contribution < -0.4 is 10.1 Å². The van der Waals surface area contributed by atoms with E-state index in [1.165, 1.54) is 7.11 Å². The molecule has 0 bridgehead atoms. The first-order chi connectivity index (χ1) is 11.5. The standard InChI is InChI=1S/C18H26N2O4/c1-13-7-8-16(23-2)15(10-13)19-17(21)12-20-9-5-4-6-14(20)11-18(22)24-3/h7-8,10,14H,4-6,9,11-12H2,1-3H3,(H,19,21)/t14-/m0/s1. The number of piperidine rings is 1. The van der Waals surface area contributed by atoms with Crippen molar-refractivity contribution in [2.75, 3.05) is 32.6 Å². The average Bonchev–Trinajstić information content (AvgIpc) is 2.56. The Morgan fingerprint density at radius 3 is 2.79 bits per heavy atom. The summed E-state index contributed by atoms with van der Waals surface area (Å²) in [5.74, 6) is 0.307. The molecule has 1 aromatic rings. The SMILES string of the molecule is COC(=O)C[C@@H]1CCCCN1CC(=O)Nc1cc(C)ccc1OC. The third-order valence-corrected chi connectivity index (χ3v) is 4.35. The van der Waals surface area contributed by atoms with Gasteiger partial charge in [-0.3, -0.25) is 14.5 Å². The van der Waals surface area contributed by atoms with E-state index in [0.717, 1.165) is 31.4 Å². The molecule has 0 unspecified atom stereocenters. The fourth-order valence-electron chi connectivity index (χ4n) is 3.07.